The Labute approximate surface area is 97.6 Å². The van der Waals surface area contributed by atoms with Gasteiger partial charge in [-0.1, -0.05) is 6.42 Å². The Bertz CT molecular complexity index is 351. The van der Waals surface area contributed by atoms with Crippen LogP contribution < -0.4 is 0 Å². The average molecular weight is 218 g/mol. The van der Waals surface area contributed by atoms with Crippen molar-refractivity contribution in [2.45, 2.75) is 50.5 Å². The van der Waals surface area contributed by atoms with E-state index in [1.807, 2.05) is 0 Å². The summed E-state index contributed by atoms with van der Waals surface area (Å²) in [4.78, 5) is 0. The molecule has 8 atom stereocenters. The summed E-state index contributed by atoms with van der Waals surface area (Å²) in [5.74, 6) is 6.52. The second-order valence-electron chi connectivity index (χ2n) is 7.48. The fraction of sp³-hybridized carbons (Fsp3) is 1.00. The lowest BCUT2D eigenvalue weighted by Gasteiger charge is -2.45. The third-order valence-corrected chi connectivity index (χ3v) is 7.43. The third-order valence-electron chi connectivity index (χ3n) is 7.43. The van der Waals surface area contributed by atoms with Crippen LogP contribution in [-0.4, -0.2) is 10.7 Å². The number of aliphatic hydroxyl groups is 1. The lowest BCUT2D eigenvalue weighted by molar-refractivity contribution is -0.0901. The topological polar surface area (TPSA) is 20.2 Å². The molecule has 88 valence electrons. The zero-order valence-corrected chi connectivity index (χ0v) is 9.94. The van der Waals surface area contributed by atoms with Crippen molar-refractivity contribution in [3.05, 3.63) is 0 Å². The minimum absolute atomic E-state index is 0.184. The highest BCUT2D eigenvalue weighted by Gasteiger charge is 2.71. The van der Waals surface area contributed by atoms with E-state index < -0.39 is 0 Å². The monoisotopic (exact) mass is 218 g/mol. The lowest BCUT2D eigenvalue weighted by atomic mass is 9.62. The number of hydrogen-bond donors (Lipinski definition) is 1. The van der Waals surface area contributed by atoms with Gasteiger partial charge in [0.05, 0.1) is 5.60 Å². The molecule has 1 heteroatoms. The van der Waals surface area contributed by atoms with E-state index in [1.165, 1.54) is 38.5 Å². The molecule has 5 saturated carbocycles. The molecule has 5 aliphatic carbocycles. The van der Waals surface area contributed by atoms with Gasteiger partial charge in [0, 0.05) is 0 Å². The van der Waals surface area contributed by atoms with Gasteiger partial charge in [-0.25, -0.2) is 0 Å². The van der Waals surface area contributed by atoms with E-state index in [-0.39, 0.29) is 5.60 Å². The first-order valence-electron chi connectivity index (χ1n) is 7.51. The van der Waals surface area contributed by atoms with Gasteiger partial charge < -0.3 is 5.11 Å². The summed E-state index contributed by atoms with van der Waals surface area (Å²) in [6.45, 7) is 0. The summed E-state index contributed by atoms with van der Waals surface area (Å²) in [5.41, 5.74) is -0.184. The van der Waals surface area contributed by atoms with Crippen LogP contribution in [-0.2, 0) is 0 Å². The van der Waals surface area contributed by atoms with E-state index in [2.05, 4.69) is 0 Å². The van der Waals surface area contributed by atoms with Gasteiger partial charge in [-0.3, -0.25) is 0 Å². The fourth-order valence-electron chi connectivity index (χ4n) is 7.28. The zero-order chi connectivity index (χ0) is 10.5. The van der Waals surface area contributed by atoms with Crippen molar-refractivity contribution >= 4 is 0 Å². The summed E-state index contributed by atoms with van der Waals surface area (Å²) in [7, 11) is 0. The number of fused-ring (bicyclic) bond motifs is 12. The molecule has 0 aliphatic heterocycles. The lowest BCUT2D eigenvalue weighted by Crippen LogP contribution is -2.48. The molecule has 0 aromatic heterocycles. The van der Waals surface area contributed by atoms with Gasteiger partial charge in [0.2, 0.25) is 0 Å². The van der Waals surface area contributed by atoms with Crippen LogP contribution in [0.5, 0.6) is 0 Å². The van der Waals surface area contributed by atoms with Crippen molar-refractivity contribution in [3.8, 4) is 0 Å². The van der Waals surface area contributed by atoms with E-state index in [0.29, 0.717) is 0 Å². The van der Waals surface area contributed by atoms with Crippen molar-refractivity contribution in [2.75, 3.05) is 0 Å². The molecule has 1 N–H and O–H groups in total. The Hall–Kier alpha value is -0.0400. The van der Waals surface area contributed by atoms with Crippen LogP contribution in [0.1, 0.15) is 44.9 Å². The average Bonchev–Trinajstić information content (AvgIpc) is 2.98. The molecule has 5 fully saturated rings. The van der Waals surface area contributed by atoms with Crippen LogP contribution in [0.15, 0.2) is 0 Å². The van der Waals surface area contributed by atoms with Gasteiger partial charge in [0.1, 0.15) is 0 Å². The molecular weight excluding hydrogens is 196 g/mol. The van der Waals surface area contributed by atoms with E-state index in [0.717, 1.165) is 47.8 Å². The van der Waals surface area contributed by atoms with E-state index in [4.69, 9.17) is 0 Å². The van der Waals surface area contributed by atoms with Gasteiger partial charge in [-0.15, -0.1) is 0 Å². The Balaban J connectivity index is 1.62. The van der Waals surface area contributed by atoms with Crippen LogP contribution in [0.2, 0.25) is 0 Å². The van der Waals surface area contributed by atoms with Crippen molar-refractivity contribution in [1.29, 1.82) is 0 Å². The fourth-order valence-corrected chi connectivity index (χ4v) is 7.28. The van der Waals surface area contributed by atoms with Crippen LogP contribution in [0.4, 0.5) is 0 Å². The molecule has 0 spiro atoms. The van der Waals surface area contributed by atoms with Gasteiger partial charge in [0.15, 0.2) is 0 Å². The molecular formula is C15H22O. The maximum absolute atomic E-state index is 11.0. The maximum atomic E-state index is 11.0. The van der Waals surface area contributed by atoms with Gasteiger partial charge in [-0.2, -0.15) is 0 Å². The summed E-state index contributed by atoms with van der Waals surface area (Å²) >= 11 is 0. The summed E-state index contributed by atoms with van der Waals surface area (Å²) < 4.78 is 0. The Kier molecular flexibility index (Phi) is 1.42. The molecule has 0 aromatic carbocycles. The molecule has 0 unspecified atom stereocenters. The Morgan fingerprint density at radius 2 is 1.69 bits per heavy atom. The largest absolute Gasteiger partial charge is 0.389 e. The molecule has 5 rings (SSSR count). The molecule has 0 saturated heterocycles. The highest BCUT2D eigenvalue weighted by Crippen LogP contribution is 2.73. The summed E-state index contributed by atoms with van der Waals surface area (Å²) in [5, 5.41) is 11.0. The predicted molar refractivity (Wildman–Crippen MR) is 61.7 cm³/mol. The highest BCUT2D eigenvalue weighted by molar-refractivity contribution is 5.20. The molecule has 4 bridgehead atoms. The smallest absolute Gasteiger partial charge is 0.0709 e. The van der Waals surface area contributed by atoms with Crippen LogP contribution in [0.25, 0.3) is 0 Å². The second-order valence-corrected chi connectivity index (χ2v) is 7.48. The maximum Gasteiger partial charge on any atom is 0.0709 e. The molecule has 0 aromatic rings. The molecule has 5 aliphatic rings. The molecule has 0 heterocycles. The molecule has 0 radical (unpaired) electrons. The minimum atomic E-state index is -0.184. The first kappa shape index (κ1) is 8.97. The Morgan fingerprint density at radius 3 is 2.56 bits per heavy atom. The summed E-state index contributed by atoms with van der Waals surface area (Å²) in [6, 6.07) is 0. The van der Waals surface area contributed by atoms with Crippen molar-refractivity contribution in [1.82, 2.24) is 0 Å². The van der Waals surface area contributed by atoms with Gasteiger partial charge >= 0.3 is 0 Å². The SMILES string of the molecule is O[C@@]12CCC[C@@H]1[C@H]1C[C@@H]2[C@@H]2[C@@H]3CC[C@@H](C3)[C@H]12. The Morgan fingerprint density at radius 1 is 0.875 bits per heavy atom. The van der Waals surface area contributed by atoms with E-state index in [9.17, 15) is 5.11 Å². The van der Waals surface area contributed by atoms with Crippen molar-refractivity contribution in [2.24, 2.45) is 41.4 Å². The second kappa shape index (κ2) is 2.53. The molecule has 0 amide bonds. The predicted octanol–water partition coefficient (Wildman–Crippen LogP) is 2.83. The van der Waals surface area contributed by atoms with Crippen molar-refractivity contribution in [3.63, 3.8) is 0 Å². The first-order valence-corrected chi connectivity index (χ1v) is 7.51. The first-order chi connectivity index (χ1) is 7.79. The summed E-state index contributed by atoms with van der Waals surface area (Å²) in [6.07, 6.45) is 9.76. The van der Waals surface area contributed by atoms with E-state index >= 15 is 0 Å². The number of hydrogen-bond acceptors (Lipinski definition) is 1. The highest BCUT2D eigenvalue weighted by atomic mass is 16.3. The third kappa shape index (κ3) is 0.749. The van der Waals surface area contributed by atoms with Gasteiger partial charge in [0.25, 0.3) is 0 Å². The van der Waals surface area contributed by atoms with Gasteiger partial charge in [-0.05, 0) is 80.0 Å². The molecule has 16 heavy (non-hydrogen) atoms. The number of rotatable bonds is 0. The van der Waals surface area contributed by atoms with E-state index in [1.54, 1.807) is 0 Å². The van der Waals surface area contributed by atoms with Crippen LogP contribution >= 0.6 is 0 Å². The van der Waals surface area contributed by atoms with Crippen LogP contribution in [0.3, 0.4) is 0 Å². The van der Waals surface area contributed by atoms with Crippen LogP contribution in [0, 0.1) is 41.4 Å². The minimum Gasteiger partial charge on any atom is -0.389 e. The normalized spacial score (nSPS) is 69.9. The van der Waals surface area contributed by atoms with Crippen molar-refractivity contribution < 1.29 is 5.11 Å². The standard InChI is InChI=1S/C15H22O/c16-15-5-1-2-11(15)10-7-12(15)14-9-4-3-8(6-9)13(10)14/h8-14,16H,1-7H2/t8-,9+,10+,11+,12+,13+,14-,15-/m0/s1. The quantitative estimate of drug-likeness (QED) is 0.620. The molecule has 1 nitrogen and oxygen atoms in total. The zero-order valence-electron chi connectivity index (χ0n) is 9.94.